The highest BCUT2D eigenvalue weighted by Crippen LogP contribution is 2.13. The first kappa shape index (κ1) is 17.2. The number of aromatic nitrogens is 2. The van der Waals surface area contributed by atoms with Gasteiger partial charge in [0.2, 0.25) is 5.91 Å². The summed E-state index contributed by atoms with van der Waals surface area (Å²) >= 11 is 0. The third-order valence-electron chi connectivity index (χ3n) is 3.81. The van der Waals surface area contributed by atoms with Crippen LogP contribution in [0.3, 0.4) is 0 Å². The van der Waals surface area contributed by atoms with Gasteiger partial charge >= 0.3 is 0 Å². The van der Waals surface area contributed by atoms with Crippen LogP contribution in [-0.2, 0) is 9.53 Å². The monoisotopic (exact) mass is 342 g/mol. The highest BCUT2D eigenvalue weighted by molar-refractivity contribution is 5.89. The lowest BCUT2D eigenvalue weighted by Crippen LogP contribution is -2.19. The van der Waals surface area contributed by atoms with Gasteiger partial charge in [0, 0.05) is 13.2 Å². The normalized spacial score (nSPS) is 16.4. The summed E-state index contributed by atoms with van der Waals surface area (Å²) in [5, 5.41) is 14.0. The lowest BCUT2D eigenvalue weighted by Gasteiger charge is -2.11. The molecular formula is C18H22N4O3. The number of nitrogens with one attached hydrogen (secondary N) is 2. The van der Waals surface area contributed by atoms with Crippen molar-refractivity contribution in [3.05, 3.63) is 42.5 Å². The number of para-hydroxylation sites is 1. The molecule has 2 heterocycles. The van der Waals surface area contributed by atoms with Crippen LogP contribution in [0.5, 0.6) is 5.75 Å². The zero-order valence-electron chi connectivity index (χ0n) is 14.0. The molecule has 25 heavy (non-hydrogen) atoms. The summed E-state index contributed by atoms with van der Waals surface area (Å²) in [5.74, 6) is 1.68. The molecule has 1 atom stereocenters. The number of anilines is 2. The van der Waals surface area contributed by atoms with Crippen LogP contribution >= 0.6 is 0 Å². The summed E-state index contributed by atoms with van der Waals surface area (Å²) in [6, 6.07) is 12.9. The molecule has 7 nitrogen and oxygen atoms in total. The summed E-state index contributed by atoms with van der Waals surface area (Å²) in [5.41, 5.74) is 0. The van der Waals surface area contributed by atoms with Crippen molar-refractivity contribution in [2.45, 2.75) is 25.4 Å². The van der Waals surface area contributed by atoms with Gasteiger partial charge in [0.25, 0.3) is 0 Å². The van der Waals surface area contributed by atoms with Crippen molar-refractivity contribution in [1.82, 2.24) is 10.2 Å². The fraction of sp³-hybridized carbons (Fsp3) is 0.389. The zero-order valence-corrected chi connectivity index (χ0v) is 14.0. The van der Waals surface area contributed by atoms with Crippen molar-refractivity contribution in [2.24, 2.45) is 0 Å². The van der Waals surface area contributed by atoms with Gasteiger partial charge in [-0.1, -0.05) is 18.2 Å². The zero-order chi connectivity index (χ0) is 17.3. The molecule has 1 amide bonds. The van der Waals surface area contributed by atoms with E-state index in [0.717, 1.165) is 31.7 Å². The summed E-state index contributed by atoms with van der Waals surface area (Å²) in [6.45, 7) is 1.86. The van der Waals surface area contributed by atoms with Crippen molar-refractivity contribution in [3.63, 3.8) is 0 Å². The van der Waals surface area contributed by atoms with E-state index in [0.29, 0.717) is 18.2 Å². The van der Waals surface area contributed by atoms with Gasteiger partial charge in [-0.25, -0.2) is 0 Å². The maximum Gasteiger partial charge on any atom is 0.229 e. The lowest BCUT2D eigenvalue weighted by atomic mass is 10.2. The molecule has 2 N–H and O–H groups in total. The van der Waals surface area contributed by atoms with Crippen LogP contribution in [0, 0.1) is 0 Å². The summed E-state index contributed by atoms with van der Waals surface area (Å²) in [7, 11) is 0. The van der Waals surface area contributed by atoms with E-state index in [1.165, 1.54) is 0 Å². The maximum atomic E-state index is 11.9. The van der Waals surface area contributed by atoms with Gasteiger partial charge in [-0.15, -0.1) is 10.2 Å². The van der Waals surface area contributed by atoms with Crippen LogP contribution in [0.15, 0.2) is 42.5 Å². The van der Waals surface area contributed by atoms with E-state index in [-0.39, 0.29) is 18.4 Å². The molecule has 2 aromatic rings. The van der Waals surface area contributed by atoms with Gasteiger partial charge in [-0.2, -0.15) is 0 Å². The molecule has 1 fully saturated rings. The van der Waals surface area contributed by atoms with Gasteiger partial charge in [-0.3, -0.25) is 4.79 Å². The minimum Gasteiger partial charge on any atom is -0.493 e. The Morgan fingerprint density at radius 2 is 1.96 bits per heavy atom. The average Bonchev–Trinajstić information content (AvgIpc) is 3.16. The van der Waals surface area contributed by atoms with Crippen molar-refractivity contribution in [1.29, 1.82) is 0 Å². The molecular weight excluding hydrogens is 320 g/mol. The van der Waals surface area contributed by atoms with Crippen LogP contribution < -0.4 is 15.4 Å². The van der Waals surface area contributed by atoms with Gasteiger partial charge in [-0.05, 0) is 37.1 Å². The van der Waals surface area contributed by atoms with E-state index in [1.807, 2.05) is 30.3 Å². The Morgan fingerprint density at radius 1 is 1.16 bits per heavy atom. The second-order valence-corrected chi connectivity index (χ2v) is 5.78. The summed E-state index contributed by atoms with van der Waals surface area (Å²) in [4.78, 5) is 11.9. The largest absolute Gasteiger partial charge is 0.493 e. The van der Waals surface area contributed by atoms with E-state index in [9.17, 15) is 4.79 Å². The predicted molar refractivity (Wildman–Crippen MR) is 94.7 cm³/mol. The minimum atomic E-state index is -0.162. The van der Waals surface area contributed by atoms with E-state index < -0.39 is 0 Å². The lowest BCUT2D eigenvalue weighted by molar-refractivity contribution is -0.116. The van der Waals surface area contributed by atoms with Crippen molar-refractivity contribution >= 4 is 17.5 Å². The van der Waals surface area contributed by atoms with E-state index in [1.54, 1.807) is 12.1 Å². The molecule has 7 heteroatoms. The van der Waals surface area contributed by atoms with Gasteiger partial charge in [0.15, 0.2) is 5.82 Å². The number of carbonyl (C=O) groups is 1. The molecule has 3 rings (SSSR count). The molecule has 1 saturated heterocycles. The van der Waals surface area contributed by atoms with Crippen molar-refractivity contribution in [3.8, 4) is 5.75 Å². The Labute approximate surface area is 146 Å². The number of ether oxygens (including phenoxy) is 2. The van der Waals surface area contributed by atoms with E-state index >= 15 is 0 Å². The number of amides is 1. The highest BCUT2D eigenvalue weighted by atomic mass is 16.5. The molecule has 1 aliphatic heterocycles. The number of nitrogens with zero attached hydrogens (tertiary/aromatic N) is 2. The van der Waals surface area contributed by atoms with Gasteiger partial charge in [0.1, 0.15) is 11.6 Å². The van der Waals surface area contributed by atoms with Crippen LogP contribution in [0.1, 0.15) is 19.3 Å². The third kappa shape index (κ3) is 5.72. The number of carbonyl (C=O) groups excluding carboxylic acids is 1. The number of hydrogen-bond donors (Lipinski definition) is 2. The molecule has 0 spiro atoms. The number of rotatable bonds is 8. The maximum absolute atomic E-state index is 11.9. The van der Waals surface area contributed by atoms with Gasteiger partial charge < -0.3 is 20.1 Å². The van der Waals surface area contributed by atoms with Crippen molar-refractivity contribution in [2.75, 3.05) is 30.4 Å². The fourth-order valence-corrected chi connectivity index (χ4v) is 2.50. The molecule has 0 aliphatic carbocycles. The second-order valence-electron chi connectivity index (χ2n) is 5.78. The molecule has 1 aliphatic rings. The van der Waals surface area contributed by atoms with Crippen LogP contribution in [0.25, 0.3) is 0 Å². The summed E-state index contributed by atoms with van der Waals surface area (Å²) in [6.07, 6.45) is 2.66. The Morgan fingerprint density at radius 3 is 2.68 bits per heavy atom. The quantitative estimate of drug-likeness (QED) is 0.766. The molecule has 1 aromatic heterocycles. The number of benzene rings is 1. The average molecular weight is 342 g/mol. The minimum absolute atomic E-state index is 0.162. The smallest absolute Gasteiger partial charge is 0.229 e. The standard InChI is InChI=1S/C18H22N4O3/c23-18(10-12-25-14-5-2-1-3-6-14)20-17-9-8-16(21-22-17)19-13-15-7-4-11-24-15/h1-3,5-6,8-9,15H,4,7,10-13H2,(H,19,21)(H,20,22,23). The molecule has 1 aromatic carbocycles. The Hall–Kier alpha value is -2.67. The molecule has 0 radical (unpaired) electrons. The molecule has 0 saturated carbocycles. The molecule has 0 bridgehead atoms. The third-order valence-corrected chi connectivity index (χ3v) is 3.81. The SMILES string of the molecule is O=C(CCOc1ccccc1)Nc1ccc(NCC2CCCO2)nn1. The first-order valence-corrected chi connectivity index (χ1v) is 8.46. The first-order valence-electron chi connectivity index (χ1n) is 8.46. The van der Waals surface area contributed by atoms with E-state index in [4.69, 9.17) is 9.47 Å². The summed E-state index contributed by atoms with van der Waals surface area (Å²) < 4.78 is 11.0. The Balaban J connectivity index is 1.37. The fourth-order valence-electron chi connectivity index (χ4n) is 2.50. The first-order chi connectivity index (χ1) is 12.3. The topological polar surface area (TPSA) is 85.4 Å². The van der Waals surface area contributed by atoms with Crippen LogP contribution in [0.4, 0.5) is 11.6 Å². The van der Waals surface area contributed by atoms with Crippen LogP contribution in [0.2, 0.25) is 0 Å². The highest BCUT2D eigenvalue weighted by Gasteiger charge is 2.15. The van der Waals surface area contributed by atoms with Gasteiger partial charge in [0.05, 0.1) is 19.1 Å². The second kappa shape index (κ2) is 8.98. The Bertz CT molecular complexity index is 658. The molecule has 132 valence electrons. The number of hydrogen-bond acceptors (Lipinski definition) is 6. The molecule has 1 unspecified atom stereocenters. The van der Waals surface area contributed by atoms with E-state index in [2.05, 4.69) is 20.8 Å². The predicted octanol–water partition coefficient (Wildman–Crippen LogP) is 2.48. The van der Waals surface area contributed by atoms with Crippen LogP contribution in [-0.4, -0.2) is 42.0 Å². The Kier molecular flexibility index (Phi) is 6.17. The van der Waals surface area contributed by atoms with Crippen molar-refractivity contribution < 1.29 is 14.3 Å².